The van der Waals surface area contributed by atoms with Crippen LogP contribution in [-0.4, -0.2) is 36.1 Å². The van der Waals surface area contributed by atoms with E-state index in [9.17, 15) is 9.59 Å². The first-order valence-electron chi connectivity index (χ1n) is 6.78. The fourth-order valence-corrected chi connectivity index (χ4v) is 2.99. The van der Waals surface area contributed by atoms with E-state index in [0.717, 1.165) is 5.75 Å². The summed E-state index contributed by atoms with van der Waals surface area (Å²) in [7, 11) is 0. The maximum absolute atomic E-state index is 12.3. The van der Waals surface area contributed by atoms with Gasteiger partial charge in [0.25, 0.3) is 5.91 Å². The minimum Gasteiger partial charge on any atom is -0.369 e. The highest BCUT2D eigenvalue weighted by molar-refractivity contribution is 7.97. The van der Waals surface area contributed by atoms with E-state index < -0.39 is 0 Å². The Balaban J connectivity index is 1.96. The molecule has 1 aliphatic rings. The fraction of sp³-hybridized carbons (Fsp3) is 0.467. The van der Waals surface area contributed by atoms with Gasteiger partial charge in [0.05, 0.1) is 0 Å². The number of piperidine rings is 1. The van der Waals surface area contributed by atoms with E-state index in [1.807, 2.05) is 29.2 Å². The highest BCUT2D eigenvalue weighted by atomic mass is 32.2. The van der Waals surface area contributed by atoms with Crippen molar-refractivity contribution in [2.45, 2.75) is 18.6 Å². The van der Waals surface area contributed by atoms with Crippen LogP contribution in [0.1, 0.15) is 28.8 Å². The molecule has 0 bridgehead atoms. The topological polar surface area (TPSA) is 63.4 Å². The Kier molecular flexibility index (Phi) is 5.06. The molecule has 1 heterocycles. The van der Waals surface area contributed by atoms with Gasteiger partial charge >= 0.3 is 0 Å². The van der Waals surface area contributed by atoms with Crippen LogP contribution in [-0.2, 0) is 10.5 Å². The molecule has 1 aromatic carbocycles. The van der Waals surface area contributed by atoms with Crippen molar-refractivity contribution >= 4 is 23.6 Å². The quantitative estimate of drug-likeness (QED) is 0.921. The largest absolute Gasteiger partial charge is 0.369 e. The number of amides is 2. The van der Waals surface area contributed by atoms with E-state index in [4.69, 9.17) is 5.73 Å². The molecule has 0 saturated carbocycles. The van der Waals surface area contributed by atoms with Crippen molar-refractivity contribution in [3.05, 3.63) is 35.4 Å². The van der Waals surface area contributed by atoms with Gasteiger partial charge in [-0.2, -0.15) is 11.8 Å². The SMILES string of the molecule is CSCc1ccc(C(=O)N2CCC(C(N)=O)CC2)cc1. The van der Waals surface area contributed by atoms with E-state index in [0.29, 0.717) is 31.5 Å². The first kappa shape index (κ1) is 14.9. The van der Waals surface area contributed by atoms with E-state index >= 15 is 0 Å². The van der Waals surface area contributed by atoms with Crippen LogP contribution in [0.25, 0.3) is 0 Å². The van der Waals surface area contributed by atoms with Gasteiger partial charge in [-0.15, -0.1) is 0 Å². The van der Waals surface area contributed by atoms with Gasteiger partial charge in [0.15, 0.2) is 0 Å². The molecule has 0 unspecified atom stereocenters. The van der Waals surface area contributed by atoms with E-state index in [1.165, 1.54) is 5.56 Å². The molecule has 0 atom stereocenters. The summed E-state index contributed by atoms with van der Waals surface area (Å²) in [4.78, 5) is 25.3. The Labute approximate surface area is 123 Å². The smallest absolute Gasteiger partial charge is 0.253 e. The van der Waals surface area contributed by atoms with Crippen molar-refractivity contribution in [2.75, 3.05) is 19.3 Å². The number of carbonyl (C=O) groups excluding carboxylic acids is 2. The molecular formula is C15H20N2O2S. The number of nitrogens with two attached hydrogens (primary N) is 1. The number of carbonyl (C=O) groups is 2. The van der Waals surface area contributed by atoms with Crippen LogP contribution >= 0.6 is 11.8 Å². The average molecular weight is 292 g/mol. The molecule has 20 heavy (non-hydrogen) atoms. The lowest BCUT2D eigenvalue weighted by Gasteiger charge is -2.30. The number of hydrogen-bond donors (Lipinski definition) is 1. The molecule has 0 aliphatic carbocycles. The van der Waals surface area contributed by atoms with Gasteiger partial charge in [-0.05, 0) is 36.8 Å². The second kappa shape index (κ2) is 6.79. The molecule has 1 aromatic rings. The van der Waals surface area contributed by atoms with Gasteiger partial charge in [-0.1, -0.05) is 12.1 Å². The summed E-state index contributed by atoms with van der Waals surface area (Å²) in [6, 6.07) is 7.77. The summed E-state index contributed by atoms with van der Waals surface area (Å²) in [6.07, 6.45) is 3.40. The number of hydrogen-bond acceptors (Lipinski definition) is 3. The molecule has 2 N–H and O–H groups in total. The third-order valence-corrected chi connectivity index (χ3v) is 4.32. The summed E-state index contributed by atoms with van der Waals surface area (Å²) in [5, 5.41) is 0. The average Bonchev–Trinajstić information content (AvgIpc) is 2.48. The Morgan fingerprint density at radius 3 is 2.35 bits per heavy atom. The Morgan fingerprint density at radius 1 is 1.25 bits per heavy atom. The number of benzene rings is 1. The predicted octanol–water partition coefficient (Wildman–Crippen LogP) is 1.89. The standard InChI is InChI=1S/C15H20N2O2S/c1-20-10-11-2-4-13(5-3-11)15(19)17-8-6-12(7-9-17)14(16)18/h2-5,12H,6-10H2,1H3,(H2,16,18). The summed E-state index contributed by atoms with van der Waals surface area (Å²) in [5.74, 6) is 0.670. The summed E-state index contributed by atoms with van der Waals surface area (Å²) in [5.41, 5.74) is 7.24. The summed E-state index contributed by atoms with van der Waals surface area (Å²) in [6.45, 7) is 1.22. The fourth-order valence-electron chi connectivity index (χ4n) is 2.46. The minimum atomic E-state index is -0.251. The number of primary amides is 1. The Morgan fingerprint density at radius 2 is 1.85 bits per heavy atom. The van der Waals surface area contributed by atoms with E-state index in [2.05, 4.69) is 6.26 Å². The third kappa shape index (κ3) is 3.54. The van der Waals surface area contributed by atoms with Crippen LogP contribution in [0, 0.1) is 5.92 Å². The van der Waals surface area contributed by atoms with Gasteiger partial charge < -0.3 is 10.6 Å². The molecule has 0 radical (unpaired) electrons. The molecule has 0 spiro atoms. The second-order valence-corrected chi connectivity index (χ2v) is 5.96. The zero-order chi connectivity index (χ0) is 14.5. The maximum atomic E-state index is 12.3. The lowest BCUT2D eigenvalue weighted by molar-refractivity contribution is -0.123. The van der Waals surface area contributed by atoms with Gasteiger partial charge in [0.2, 0.25) is 5.91 Å². The van der Waals surface area contributed by atoms with Crippen LogP contribution in [0.5, 0.6) is 0 Å². The van der Waals surface area contributed by atoms with Gasteiger partial charge in [0, 0.05) is 30.3 Å². The predicted molar refractivity (Wildman–Crippen MR) is 81.5 cm³/mol. The number of nitrogens with zero attached hydrogens (tertiary/aromatic N) is 1. The van der Waals surface area contributed by atoms with Crippen LogP contribution in [0.4, 0.5) is 0 Å². The summed E-state index contributed by atoms with van der Waals surface area (Å²) < 4.78 is 0. The first-order chi connectivity index (χ1) is 9.61. The van der Waals surface area contributed by atoms with Crippen molar-refractivity contribution < 1.29 is 9.59 Å². The van der Waals surface area contributed by atoms with Gasteiger partial charge in [0.1, 0.15) is 0 Å². The lowest BCUT2D eigenvalue weighted by atomic mass is 9.96. The van der Waals surface area contributed by atoms with Crippen LogP contribution in [0.15, 0.2) is 24.3 Å². The second-order valence-electron chi connectivity index (χ2n) is 5.10. The molecule has 1 fully saturated rings. The number of likely N-dealkylation sites (tertiary alicyclic amines) is 1. The van der Waals surface area contributed by atoms with E-state index in [1.54, 1.807) is 11.8 Å². The molecule has 0 aromatic heterocycles. The highest BCUT2D eigenvalue weighted by Crippen LogP contribution is 2.19. The first-order valence-corrected chi connectivity index (χ1v) is 8.17. The Hall–Kier alpha value is -1.49. The molecule has 2 rings (SSSR count). The van der Waals surface area contributed by atoms with Crippen LogP contribution in [0.3, 0.4) is 0 Å². The zero-order valence-electron chi connectivity index (χ0n) is 11.7. The lowest BCUT2D eigenvalue weighted by Crippen LogP contribution is -2.41. The van der Waals surface area contributed by atoms with Crippen molar-refractivity contribution in [1.82, 2.24) is 4.90 Å². The van der Waals surface area contributed by atoms with Crippen LogP contribution < -0.4 is 5.73 Å². The number of rotatable bonds is 4. The molecule has 108 valence electrons. The monoisotopic (exact) mass is 292 g/mol. The molecule has 2 amide bonds. The molecule has 1 aliphatic heterocycles. The normalized spacial score (nSPS) is 16.1. The van der Waals surface area contributed by atoms with Gasteiger partial charge in [-0.3, -0.25) is 9.59 Å². The molecule has 1 saturated heterocycles. The van der Waals surface area contributed by atoms with Crippen molar-refractivity contribution in [1.29, 1.82) is 0 Å². The summed E-state index contributed by atoms with van der Waals surface area (Å²) >= 11 is 1.76. The van der Waals surface area contributed by atoms with Crippen molar-refractivity contribution in [3.63, 3.8) is 0 Å². The third-order valence-electron chi connectivity index (χ3n) is 3.70. The highest BCUT2D eigenvalue weighted by Gasteiger charge is 2.26. The minimum absolute atomic E-state index is 0.0450. The molecule has 4 nitrogen and oxygen atoms in total. The maximum Gasteiger partial charge on any atom is 0.253 e. The van der Waals surface area contributed by atoms with Crippen molar-refractivity contribution in [3.8, 4) is 0 Å². The Bertz CT molecular complexity index is 479. The van der Waals surface area contributed by atoms with Crippen LogP contribution in [0.2, 0.25) is 0 Å². The van der Waals surface area contributed by atoms with Gasteiger partial charge in [-0.25, -0.2) is 0 Å². The molecular weight excluding hydrogens is 272 g/mol. The molecule has 5 heteroatoms. The van der Waals surface area contributed by atoms with Crippen molar-refractivity contribution in [2.24, 2.45) is 11.7 Å². The van der Waals surface area contributed by atoms with E-state index in [-0.39, 0.29) is 17.7 Å². The number of thioether (sulfide) groups is 1. The zero-order valence-corrected chi connectivity index (χ0v) is 12.5.